The molecule has 0 unspecified atom stereocenters. The van der Waals surface area contributed by atoms with Crippen molar-refractivity contribution in [3.63, 3.8) is 0 Å². The highest BCUT2D eigenvalue weighted by Gasteiger charge is 2.18. The van der Waals surface area contributed by atoms with Crippen LogP contribution in [0.15, 0.2) is 94.2 Å². The third kappa shape index (κ3) is 4.05. The molecule has 1 heterocycles. The van der Waals surface area contributed by atoms with E-state index >= 15 is 0 Å². The predicted molar refractivity (Wildman–Crippen MR) is 118 cm³/mol. The van der Waals surface area contributed by atoms with Crippen molar-refractivity contribution in [1.29, 1.82) is 0 Å². The molecular weight excluding hydrogens is 424 g/mol. The summed E-state index contributed by atoms with van der Waals surface area (Å²) in [6.45, 7) is 0. The Kier molecular flexibility index (Phi) is 5.41. The SMILES string of the molecule is Cn1c(-c2ccc(Cl)cc2)c(-c2ccccc2)sc1=NS(=O)(=O)c1ccccc1. The van der Waals surface area contributed by atoms with Crippen molar-refractivity contribution in [3.8, 4) is 21.7 Å². The van der Waals surface area contributed by atoms with Gasteiger partial charge in [0.05, 0.1) is 15.5 Å². The van der Waals surface area contributed by atoms with Crippen LogP contribution in [0.3, 0.4) is 0 Å². The molecular formula is C22H17ClN2O2S2. The number of halogens is 1. The Morgan fingerprint density at radius 2 is 1.41 bits per heavy atom. The van der Waals surface area contributed by atoms with Gasteiger partial charge in [-0.25, -0.2) is 0 Å². The first-order valence-corrected chi connectivity index (χ1v) is 11.5. The number of aromatic nitrogens is 1. The summed E-state index contributed by atoms with van der Waals surface area (Å²) < 4.78 is 31.6. The molecule has 0 aliphatic heterocycles. The minimum Gasteiger partial charge on any atom is -0.318 e. The third-order valence-corrected chi connectivity index (χ3v) is 7.25. The topological polar surface area (TPSA) is 51.4 Å². The largest absolute Gasteiger partial charge is 0.318 e. The molecule has 7 heteroatoms. The third-order valence-electron chi connectivity index (χ3n) is 4.42. The zero-order valence-electron chi connectivity index (χ0n) is 15.5. The van der Waals surface area contributed by atoms with Crippen LogP contribution in [0.1, 0.15) is 0 Å². The van der Waals surface area contributed by atoms with Crippen molar-refractivity contribution in [2.24, 2.45) is 11.4 Å². The van der Waals surface area contributed by atoms with E-state index in [1.807, 2.05) is 66.2 Å². The van der Waals surface area contributed by atoms with E-state index in [0.29, 0.717) is 9.82 Å². The lowest BCUT2D eigenvalue weighted by Gasteiger charge is -2.07. The average Bonchev–Trinajstić information content (AvgIpc) is 3.05. The standard InChI is InChI=1S/C22H17ClN2O2S2/c1-25-20(16-12-14-18(23)15-13-16)21(17-8-4-2-5-9-17)28-22(25)24-29(26,27)19-10-6-3-7-11-19/h2-15H,1H3. The highest BCUT2D eigenvalue weighted by atomic mass is 35.5. The summed E-state index contributed by atoms with van der Waals surface area (Å²) in [6.07, 6.45) is 0. The second-order valence-electron chi connectivity index (χ2n) is 6.37. The van der Waals surface area contributed by atoms with Crippen LogP contribution >= 0.6 is 22.9 Å². The summed E-state index contributed by atoms with van der Waals surface area (Å²) in [4.78, 5) is 1.51. The monoisotopic (exact) mass is 440 g/mol. The van der Waals surface area contributed by atoms with E-state index in [9.17, 15) is 8.42 Å². The zero-order chi connectivity index (χ0) is 20.4. The molecule has 0 spiro atoms. The smallest absolute Gasteiger partial charge is 0.285 e. The fourth-order valence-corrected chi connectivity index (χ4v) is 5.52. The molecule has 0 fully saturated rings. The molecule has 0 saturated carbocycles. The molecule has 1 aromatic heterocycles. The van der Waals surface area contributed by atoms with Gasteiger partial charge in [-0.15, -0.1) is 4.40 Å². The molecule has 0 saturated heterocycles. The van der Waals surface area contributed by atoms with Gasteiger partial charge >= 0.3 is 0 Å². The average molecular weight is 441 g/mol. The first-order valence-electron chi connectivity index (χ1n) is 8.83. The minimum absolute atomic E-state index is 0.169. The second kappa shape index (κ2) is 7.99. The van der Waals surface area contributed by atoms with Gasteiger partial charge in [-0.1, -0.05) is 83.6 Å². The fourth-order valence-electron chi connectivity index (χ4n) is 3.00. The summed E-state index contributed by atoms with van der Waals surface area (Å²) >= 11 is 7.40. The van der Waals surface area contributed by atoms with E-state index in [1.165, 1.54) is 11.3 Å². The van der Waals surface area contributed by atoms with Crippen LogP contribution in [0.2, 0.25) is 5.02 Å². The van der Waals surface area contributed by atoms with Gasteiger partial charge in [0.2, 0.25) is 4.80 Å². The van der Waals surface area contributed by atoms with E-state index in [4.69, 9.17) is 11.6 Å². The fraction of sp³-hybridized carbons (Fsp3) is 0.0455. The van der Waals surface area contributed by atoms with Gasteiger partial charge in [0, 0.05) is 12.1 Å². The van der Waals surface area contributed by atoms with Crippen LogP contribution in [0.4, 0.5) is 0 Å². The molecule has 0 radical (unpaired) electrons. The Labute approximate surface area is 178 Å². The summed E-state index contributed by atoms with van der Waals surface area (Å²) in [5, 5.41) is 0.643. The van der Waals surface area contributed by atoms with Gasteiger partial charge in [0.15, 0.2) is 0 Å². The van der Waals surface area contributed by atoms with Crippen molar-refractivity contribution in [3.05, 3.63) is 94.8 Å². The van der Waals surface area contributed by atoms with Gasteiger partial charge in [-0.05, 0) is 35.4 Å². The first kappa shape index (κ1) is 19.6. The molecule has 3 aromatic carbocycles. The molecule has 0 N–H and O–H groups in total. The van der Waals surface area contributed by atoms with Crippen LogP contribution in [-0.4, -0.2) is 13.0 Å². The predicted octanol–water partition coefficient (Wildman–Crippen LogP) is 5.36. The number of thiazole rings is 1. The maximum absolute atomic E-state index is 12.8. The van der Waals surface area contributed by atoms with Crippen LogP contribution in [0.5, 0.6) is 0 Å². The van der Waals surface area contributed by atoms with E-state index in [2.05, 4.69) is 4.40 Å². The molecule has 29 heavy (non-hydrogen) atoms. The number of hydrogen-bond donors (Lipinski definition) is 0. The lowest BCUT2D eigenvalue weighted by molar-refractivity contribution is 0.596. The Hall–Kier alpha value is -2.67. The molecule has 146 valence electrons. The lowest BCUT2D eigenvalue weighted by atomic mass is 10.1. The van der Waals surface area contributed by atoms with Crippen molar-refractivity contribution in [2.75, 3.05) is 0 Å². The number of hydrogen-bond acceptors (Lipinski definition) is 3. The summed E-state index contributed by atoms with van der Waals surface area (Å²) in [6, 6.07) is 25.6. The van der Waals surface area contributed by atoms with E-state index in [1.54, 1.807) is 30.3 Å². The molecule has 4 rings (SSSR count). The zero-order valence-corrected chi connectivity index (χ0v) is 17.9. The van der Waals surface area contributed by atoms with Crippen molar-refractivity contribution >= 4 is 33.0 Å². The van der Waals surface area contributed by atoms with Crippen LogP contribution in [0, 0.1) is 0 Å². The summed E-state index contributed by atoms with van der Waals surface area (Å²) in [5.74, 6) is 0. The second-order valence-corrected chi connectivity index (χ2v) is 9.39. The quantitative estimate of drug-likeness (QED) is 0.428. The minimum atomic E-state index is -3.82. The number of sulfonamides is 1. The number of rotatable bonds is 4. The van der Waals surface area contributed by atoms with Crippen molar-refractivity contribution < 1.29 is 8.42 Å². The summed E-state index contributed by atoms with van der Waals surface area (Å²) in [7, 11) is -1.99. The first-order chi connectivity index (χ1) is 14.0. The molecule has 0 atom stereocenters. The Balaban J connectivity index is 1.97. The van der Waals surface area contributed by atoms with E-state index in [0.717, 1.165) is 21.7 Å². The molecule has 0 aliphatic rings. The van der Waals surface area contributed by atoms with Crippen LogP contribution in [-0.2, 0) is 17.1 Å². The number of nitrogens with zero attached hydrogens (tertiary/aromatic N) is 2. The van der Waals surface area contributed by atoms with Gasteiger partial charge in [-0.3, -0.25) is 0 Å². The number of benzene rings is 3. The maximum atomic E-state index is 12.8. The van der Waals surface area contributed by atoms with Crippen molar-refractivity contribution in [1.82, 2.24) is 4.57 Å². The Morgan fingerprint density at radius 1 is 0.828 bits per heavy atom. The van der Waals surface area contributed by atoms with Gasteiger partial charge in [0.25, 0.3) is 10.0 Å². The van der Waals surface area contributed by atoms with Crippen LogP contribution in [0.25, 0.3) is 21.7 Å². The maximum Gasteiger partial charge on any atom is 0.285 e. The van der Waals surface area contributed by atoms with Crippen molar-refractivity contribution in [2.45, 2.75) is 4.90 Å². The highest BCUT2D eigenvalue weighted by Crippen LogP contribution is 2.34. The lowest BCUT2D eigenvalue weighted by Crippen LogP contribution is -2.14. The normalized spacial score (nSPS) is 12.3. The van der Waals surface area contributed by atoms with E-state index in [-0.39, 0.29) is 4.90 Å². The molecule has 4 aromatic rings. The molecule has 4 nitrogen and oxygen atoms in total. The summed E-state index contributed by atoms with van der Waals surface area (Å²) in [5.41, 5.74) is 2.82. The van der Waals surface area contributed by atoms with Gasteiger partial charge < -0.3 is 4.57 Å². The molecule has 0 aliphatic carbocycles. The Bertz CT molecular complexity index is 1310. The van der Waals surface area contributed by atoms with Gasteiger partial charge in [0.1, 0.15) is 0 Å². The highest BCUT2D eigenvalue weighted by molar-refractivity contribution is 7.90. The van der Waals surface area contributed by atoms with Gasteiger partial charge in [-0.2, -0.15) is 8.42 Å². The molecule has 0 amide bonds. The molecule has 0 bridgehead atoms. The van der Waals surface area contributed by atoms with Crippen LogP contribution < -0.4 is 4.80 Å². The van der Waals surface area contributed by atoms with E-state index < -0.39 is 10.0 Å². The Morgan fingerprint density at radius 3 is 2.03 bits per heavy atom.